The van der Waals surface area contributed by atoms with E-state index in [0.29, 0.717) is 34.4 Å². The lowest BCUT2D eigenvalue weighted by Gasteiger charge is -2.30. The normalized spacial score (nSPS) is 17.6. The Balaban J connectivity index is 1.49. The molecule has 0 radical (unpaired) electrons. The van der Waals surface area contributed by atoms with Crippen LogP contribution in [0.5, 0.6) is 0 Å². The van der Waals surface area contributed by atoms with Gasteiger partial charge in [-0.2, -0.15) is 4.31 Å². The first-order chi connectivity index (χ1) is 14.8. The number of anilines is 1. The fourth-order valence-corrected chi connectivity index (χ4v) is 6.45. The largest absolute Gasteiger partial charge is 0.360 e. The average Bonchev–Trinajstić information content (AvgIpc) is 3.35. The van der Waals surface area contributed by atoms with Crippen molar-refractivity contribution in [2.24, 2.45) is 0 Å². The number of rotatable bonds is 5. The van der Waals surface area contributed by atoms with Crippen LogP contribution < -0.4 is 5.32 Å². The highest BCUT2D eigenvalue weighted by molar-refractivity contribution is 7.89. The Kier molecular flexibility index (Phi) is 6.11. The van der Waals surface area contributed by atoms with Crippen molar-refractivity contribution in [1.82, 2.24) is 19.7 Å². The van der Waals surface area contributed by atoms with Crippen LogP contribution in [0, 0.1) is 13.8 Å². The Bertz CT molecular complexity index is 1200. The van der Waals surface area contributed by atoms with Gasteiger partial charge < -0.3 is 9.84 Å². The third-order valence-corrected chi connectivity index (χ3v) is 8.45. The lowest BCUT2D eigenvalue weighted by Crippen LogP contribution is -2.39. The molecule has 1 N–H and O–H groups in total. The van der Waals surface area contributed by atoms with Gasteiger partial charge in [-0.05, 0) is 44.9 Å². The topological polar surface area (TPSA) is 118 Å². The first kappa shape index (κ1) is 21.9. The highest BCUT2D eigenvalue weighted by atomic mass is 35.5. The zero-order chi connectivity index (χ0) is 22.2. The third kappa shape index (κ3) is 4.49. The van der Waals surface area contributed by atoms with Gasteiger partial charge in [-0.1, -0.05) is 34.2 Å². The summed E-state index contributed by atoms with van der Waals surface area (Å²) in [7, 11) is -3.73. The van der Waals surface area contributed by atoms with Crippen molar-refractivity contribution in [3.05, 3.63) is 50.8 Å². The number of aryl methyl sites for hydroxylation is 2. The molecule has 3 heterocycles. The summed E-state index contributed by atoms with van der Waals surface area (Å²) in [6.45, 7) is 3.87. The smallest absolute Gasteiger partial charge is 0.286 e. The molecule has 2 aromatic heterocycles. The van der Waals surface area contributed by atoms with E-state index in [-0.39, 0.29) is 34.0 Å². The van der Waals surface area contributed by atoms with Crippen molar-refractivity contribution in [1.29, 1.82) is 0 Å². The number of aromatic nitrogens is 3. The number of halogens is 1. The van der Waals surface area contributed by atoms with Crippen molar-refractivity contribution >= 4 is 44.6 Å². The molecule has 1 aliphatic heterocycles. The van der Waals surface area contributed by atoms with Crippen molar-refractivity contribution < 1.29 is 17.7 Å². The van der Waals surface area contributed by atoms with Crippen LogP contribution in [-0.2, 0) is 10.0 Å². The third-order valence-electron chi connectivity index (χ3n) is 5.02. The van der Waals surface area contributed by atoms with Crippen LogP contribution in [-0.4, -0.2) is 47.1 Å². The molecule has 0 unspecified atom stereocenters. The minimum absolute atomic E-state index is 0.118. The van der Waals surface area contributed by atoms with E-state index in [0.717, 1.165) is 6.42 Å². The Labute approximate surface area is 188 Å². The monoisotopic (exact) mass is 481 g/mol. The first-order valence-electron chi connectivity index (χ1n) is 9.59. The predicted molar refractivity (Wildman–Crippen MR) is 116 cm³/mol. The maximum absolute atomic E-state index is 13.1. The maximum Gasteiger partial charge on any atom is 0.286 e. The van der Waals surface area contributed by atoms with E-state index in [1.54, 1.807) is 38.1 Å². The number of piperidine rings is 1. The molecule has 0 bridgehead atoms. The molecule has 164 valence electrons. The summed E-state index contributed by atoms with van der Waals surface area (Å²) in [6, 6.07) is 6.81. The SMILES string of the molecule is Cc1noc(C)c1S(=O)(=O)N1CCC[C@H](c2nnc(C(=O)Nc3cccc(Cl)c3)s2)C1. The lowest BCUT2D eigenvalue weighted by atomic mass is 10.0. The molecule has 3 aromatic rings. The van der Waals surface area contributed by atoms with E-state index in [1.165, 1.54) is 15.6 Å². The van der Waals surface area contributed by atoms with Gasteiger partial charge in [-0.3, -0.25) is 4.79 Å². The Morgan fingerprint density at radius 1 is 1.32 bits per heavy atom. The van der Waals surface area contributed by atoms with Gasteiger partial charge in [0.15, 0.2) is 5.76 Å². The van der Waals surface area contributed by atoms with Gasteiger partial charge in [0, 0.05) is 29.7 Å². The fraction of sp³-hybridized carbons (Fsp3) is 0.368. The van der Waals surface area contributed by atoms with E-state index in [4.69, 9.17) is 16.1 Å². The molecule has 0 spiro atoms. The van der Waals surface area contributed by atoms with Crippen LogP contribution in [0.15, 0.2) is 33.7 Å². The van der Waals surface area contributed by atoms with Crippen LogP contribution in [0.4, 0.5) is 5.69 Å². The zero-order valence-electron chi connectivity index (χ0n) is 16.8. The highest BCUT2D eigenvalue weighted by Gasteiger charge is 2.36. The van der Waals surface area contributed by atoms with Gasteiger partial charge in [0.25, 0.3) is 5.91 Å². The zero-order valence-corrected chi connectivity index (χ0v) is 19.2. The minimum Gasteiger partial charge on any atom is -0.360 e. The van der Waals surface area contributed by atoms with E-state index < -0.39 is 10.0 Å². The maximum atomic E-state index is 13.1. The number of carbonyl (C=O) groups is 1. The van der Waals surface area contributed by atoms with Gasteiger partial charge in [-0.25, -0.2) is 8.42 Å². The summed E-state index contributed by atoms with van der Waals surface area (Å²) in [4.78, 5) is 12.6. The standard InChI is InChI=1S/C19H20ClN5O4S2/c1-11-16(12(2)29-24-11)31(27,28)25-8-4-5-13(10-25)18-22-23-19(30-18)17(26)21-15-7-3-6-14(20)9-15/h3,6-7,9,13H,4-5,8,10H2,1-2H3,(H,21,26)/t13-/m0/s1. The van der Waals surface area contributed by atoms with Crippen molar-refractivity contribution in [2.75, 3.05) is 18.4 Å². The molecule has 1 amide bonds. The summed E-state index contributed by atoms with van der Waals surface area (Å²) in [5, 5.41) is 16.0. The molecule has 1 aliphatic rings. The molecule has 12 heteroatoms. The first-order valence-corrected chi connectivity index (χ1v) is 12.2. The number of nitrogens with zero attached hydrogens (tertiary/aromatic N) is 4. The number of sulfonamides is 1. The van der Waals surface area contributed by atoms with E-state index in [9.17, 15) is 13.2 Å². The van der Waals surface area contributed by atoms with Crippen molar-refractivity contribution in [3.8, 4) is 0 Å². The fourth-order valence-electron chi connectivity index (χ4n) is 3.58. The Morgan fingerprint density at radius 3 is 2.84 bits per heavy atom. The van der Waals surface area contributed by atoms with E-state index in [2.05, 4.69) is 20.7 Å². The second kappa shape index (κ2) is 8.65. The van der Waals surface area contributed by atoms with E-state index in [1.807, 2.05) is 0 Å². The van der Waals surface area contributed by atoms with Gasteiger partial charge >= 0.3 is 0 Å². The van der Waals surface area contributed by atoms with Gasteiger partial charge in [-0.15, -0.1) is 10.2 Å². The van der Waals surface area contributed by atoms with Crippen LogP contribution in [0.25, 0.3) is 0 Å². The molecule has 1 atom stereocenters. The molecule has 4 rings (SSSR count). The Hall–Kier alpha value is -2.34. The second-order valence-corrected chi connectivity index (χ2v) is 10.6. The average molecular weight is 482 g/mol. The summed E-state index contributed by atoms with van der Waals surface area (Å²) in [5.41, 5.74) is 0.902. The number of nitrogens with one attached hydrogen (secondary N) is 1. The molecular formula is C19H20ClN5O4S2. The lowest BCUT2D eigenvalue weighted by molar-refractivity contribution is 0.102. The number of hydrogen-bond acceptors (Lipinski definition) is 8. The quantitative estimate of drug-likeness (QED) is 0.591. The summed E-state index contributed by atoms with van der Waals surface area (Å²) >= 11 is 7.11. The van der Waals surface area contributed by atoms with Crippen LogP contribution in [0.2, 0.25) is 5.02 Å². The molecule has 0 aliphatic carbocycles. The second-order valence-electron chi connectivity index (χ2n) is 7.27. The van der Waals surface area contributed by atoms with Crippen LogP contribution in [0.1, 0.15) is 45.0 Å². The molecule has 0 saturated carbocycles. The molecule has 1 saturated heterocycles. The van der Waals surface area contributed by atoms with Crippen LogP contribution in [0.3, 0.4) is 0 Å². The Morgan fingerprint density at radius 2 is 2.13 bits per heavy atom. The minimum atomic E-state index is -3.73. The molecule has 1 aromatic carbocycles. The van der Waals surface area contributed by atoms with Gasteiger partial charge in [0.05, 0.1) is 0 Å². The molecule has 1 fully saturated rings. The van der Waals surface area contributed by atoms with Crippen molar-refractivity contribution in [2.45, 2.75) is 37.5 Å². The van der Waals surface area contributed by atoms with Gasteiger partial charge in [0.1, 0.15) is 15.6 Å². The summed E-state index contributed by atoms with van der Waals surface area (Å²) in [5.74, 6) is -0.258. The van der Waals surface area contributed by atoms with E-state index >= 15 is 0 Å². The summed E-state index contributed by atoms with van der Waals surface area (Å²) in [6.07, 6.45) is 1.44. The number of benzene rings is 1. The molecular weight excluding hydrogens is 462 g/mol. The highest BCUT2D eigenvalue weighted by Crippen LogP contribution is 2.33. The number of hydrogen-bond donors (Lipinski definition) is 1. The summed E-state index contributed by atoms with van der Waals surface area (Å²) < 4.78 is 32.7. The number of carbonyl (C=O) groups excluding carboxylic acids is 1. The van der Waals surface area contributed by atoms with Crippen molar-refractivity contribution in [3.63, 3.8) is 0 Å². The number of amides is 1. The van der Waals surface area contributed by atoms with Gasteiger partial charge in [0.2, 0.25) is 15.0 Å². The predicted octanol–water partition coefficient (Wildman–Crippen LogP) is 3.62. The molecule has 31 heavy (non-hydrogen) atoms. The van der Waals surface area contributed by atoms with Crippen LogP contribution >= 0.6 is 22.9 Å². The molecule has 9 nitrogen and oxygen atoms in total.